The van der Waals surface area contributed by atoms with Crippen LogP contribution in [0.25, 0.3) is 0 Å². The topological polar surface area (TPSA) is 65.2 Å². The quantitative estimate of drug-likeness (QED) is 0.405. The maximum absolute atomic E-state index is 12.5. The van der Waals surface area contributed by atoms with Crippen LogP contribution in [0.2, 0.25) is 10.0 Å². The van der Waals surface area contributed by atoms with Gasteiger partial charge in [0.05, 0.1) is 11.3 Å². The van der Waals surface area contributed by atoms with Crippen molar-refractivity contribution in [1.29, 1.82) is 0 Å². The highest BCUT2D eigenvalue weighted by Crippen LogP contribution is 2.26. The molecule has 0 bridgehead atoms. The molecule has 0 N–H and O–H groups in total. The first kappa shape index (κ1) is 18.8. The summed E-state index contributed by atoms with van der Waals surface area (Å²) in [5.41, 5.74) is 1.86. The molecule has 3 rings (SSSR count). The molecule has 26 heavy (non-hydrogen) atoms. The summed E-state index contributed by atoms with van der Waals surface area (Å²) in [7, 11) is 0. The fraction of sp³-hybridized carbons (Fsp3) is 0.167. The molecule has 8 heteroatoms. The first-order chi connectivity index (χ1) is 12.5. The molecule has 2 heterocycles. The Morgan fingerprint density at radius 1 is 1.27 bits per heavy atom. The van der Waals surface area contributed by atoms with E-state index in [-0.39, 0.29) is 6.61 Å². The van der Waals surface area contributed by atoms with Gasteiger partial charge in [-0.05, 0) is 31.2 Å². The molecule has 0 saturated carbocycles. The third-order valence-electron chi connectivity index (χ3n) is 3.40. The minimum absolute atomic E-state index is 0.0519. The fourth-order valence-corrected chi connectivity index (χ4v) is 3.48. The molecule has 0 fully saturated rings. The van der Waals surface area contributed by atoms with Crippen LogP contribution in [0, 0.1) is 6.92 Å². The number of carbonyl (C=O) groups is 1. The predicted molar refractivity (Wildman–Crippen MR) is 101 cm³/mol. The summed E-state index contributed by atoms with van der Waals surface area (Å²) in [6.07, 6.45) is 1.63. The maximum Gasteiger partial charge on any atom is 0.341 e. The second-order valence-corrected chi connectivity index (χ2v) is 7.19. The Labute approximate surface area is 164 Å². The van der Waals surface area contributed by atoms with Crippen molar-refractivity contribution in [3.05, 3.63) is 75.2 Å². The number of thioether (sulfide) groups is 1. The molecule has 0 aliphatic rings. The number of hydrogen-bond acceptors (Lipinski definition) is 6. The lowest BCUT2D eigenvalue weighted by Crippen LogP contribution is -2.08. The SMILES string of the molecule is Cc1cc(CSc2ncccc2C(=O)OCc2ccc(Cl)cc2Cl)no1. The average molecular weight is 409 g/mol. The minimum Gasteiger partial charge on any atom is -0.457 e. The number of ether oxygens (including phenoxy) is 1. The van der Waals surface area contributed by atoms with Crippen molar-refractivity contribution in [3.8, 4) is 0 Å². The highest BCUT2D eigenvalue weighted by atomic mass is 35.5. The molecule has 0 aliphatic heterocycles. The Bertz CT molecular complexity index is 930. The number of aryl methyl sites for hydroxylation is 1. The van der Waals surface area contributed by atoms with Crippen LogP contribution in [-0.2, 0) is 17.1 Å². The molecule has 1 aromatic carbocycles. The van der Waals surface area contributed by atoms with Gasteiger partial charge in [-0.1, -0.05) is 46.2 Å². The van der Waals surface area contributed by atoms with E-state index in [2.05, 4.69) is 10.1 Å². The van der Waals surface area contributed by atoms with Gasteiger partial charge >= 0.3 is 5.97 Å². The smallest absolute Gasteiger partial charge is 0.341 e. The number of hydrogen-bond donors (Lipinski definition) is 0. The van der Waals surface area contributed by atoms with Crippen LogP contribution in [0.15, 0.2) is 52.1 Å². The van der Waals surface area contributed by atoms with Crippen molar-refractivity contribution in [2.24, 2.45) is 0 Å². The molecule has 134 valence electrons. The summed E-state index contributed by atoms with van der Waals surface area (Å²) < 4.78 is 10.4. The van der Waals surface area contributed by atoms with Gasteiger partial charge in [-0.2, -0.15) is 0 Å². The second kappa shape index (κ2) is 8.58. The van der Waals surface area contributed by atoms with Crippen molar-refractivity contribution in [3.63, 3.8) is 0 Å². The van der Waals surface area contributed by atoms with Crippen LogP contribution in [0.1, 0.15) is 27.4 Å². The summed E-state index contributed by atoms with van der Waals surface area (Å²) in [6, 6.07) is 10.2. The average Bonchev–Trinajstić information content (AvgIpc) is 3.04. The molecule has 0 atom stereocenters. The Morgan fingerprint density at radius 2 is 2.12 bits per heavy atom. The monoisotopic (exact) mass is 408 g/mol. The van der Waals surface area contributed by atoms with Crippen molar-refractivity contribution >= 4 is 40.9 Å². The van der Waals surface area contributed by atoms with E-state index in [0.717, 1.165) is 11.5 Å². The van der Waals surface area contributed by atoms with Gasteiger partial charge in [0, 0.05) is 33.6 Å². The molecular formula is C18H14Cl2N2O3S. The van der Waals surface area contributed by atoms with Gasteiger partial charge in [0.1, 0.15) is 17.4 Å². The van der Waals surface area contributed by atoms with Crippen LogP contribution in [0.5, 0.6) is 0 Å². The molecule has 0 radical (unpaired) electrons. The van der Waals surface area contributed by atoms with Crippen LogP contribution in [0.3, 0.4) is 0 Å². The number of halogens is 2. The Kier molecular flexibility index (Phi) is 6.19. The standard InChI is InChI=1S/C18H14Cl2N2O3S/c1-11-7-14(22-25-11)10-26-17-15(3-2-6-21-17)18(23)24-9-12-4-5-13(19)8-16(12)20/h2-8H,9-10H2,1H3. The van der Waals surface area contributed by atoms with E-state index in [1.807, 2.05) is 13.0 Å². The molecule has 2 aromatic heterocycles. The van der Waals surface area contributed by atoms with Gasteiger partial charge in [0.25, 0.3) is 0 Å². The number of nitrogens with zero attached hydrogens (tertiary/aromatic N) is 2. The molecule has 3 aromatic rings. The predicted octanol–water partition coefficient (Wildman–Crippen LogP) is 5.33. The highest BCUT2D eigenvalue weighted by molar-refractivity contribution is 7.98. The van der Waals surface area contributed by atoms with E-state index < -0.39 is 5.97 Å². The third kappa shape index (κ3) is 4.78. The second-order valence-electron chi connectivity index (χ2n) is 5.39. The zero-order chi connectivity index (χ0) is 18.5. The number of esters is 1. The molecular weight excluding hydrogens is 395 g/mol. The maximum atomic E-state index is 12.5. The number of pyridine rings is 1. The van der Waals surface area contributed by atoms with E-state index in [9.17, 15) is 4.79 Å². The summed E-state index contributed by atoms with van der Waals surface area (Å²) >= 11 is 13.4. The Morgan fingerprint density at radius 3 is 2.85 bits per heavy atom. The van der Waals surface area contributed by atoms with E-state index in [1.54, 1.807) is 36.5 Å². The lowest BCUT2D eigenvalue weighted by molar-refractivity contribution is 0.0468. The first-order valence-electron chi connectivity index (χ1n) is 7.64. The van der Waals surface area contributed by atoms with Gasteiger partial charge in [-0.3, -0.25) is 0 Å². The summed E-state index contributed by atoms with van der Waals surface area (Å²) in [5, 5.41) is 5.48. The number of aromatic nitrogens is 2. The van der Waals surface area contributed by atoms with Gasteiger partial charge in [-0.25, -0.2) is 9.78 Å². The van der Waals surface area contributed by atoms with Crippen molar-refractivity contribution in [2.75, 3.05) is 0 Å². The van der Waals surface area contributed by atoms with E-state index in [0.29, 0.717) is 32.0 Å². The van der Waals surface area contributed by atoms with E-state index in [4.69, 9.17) is 32.5 Å². The minimum atomic E-state index is -0.469. The van der Waals surface area contributed by atoms with Crippen LogP contribution in [-0.4, -0.2) is 16.1 Å². The lowest BCUT2D eigenvalue weighted by Gasteiger charge is -2.09. The Hall–Kier alpha value is -2.02. The van der Waals surface area contributed by atoms with Gasteiger partial charge in [0.2, 0.25) is 0 Å². The number of benzene rings is 1. The molecule has 0 spiro atoms. The van der Waals surface area contributed by atoms with Gasteiger partial charge in [-0.15, -0.1) is 0 Å². The first-order valence-corrected chi connectivity index (χ1v) is 9.38. The zero-order valence-electron chi connectivity index (χ0n) is 13.7. The van der Waals surface area contributed by atoms with E-state index in [1.165, 1.54) is 11.8 Å². The number of rotatable bonds is 6. The van der Waals surface area contributed by atoms with Crippen molar-refractivity contribution in [1.82, 2.24) is 10.1 Å². The fourth-order valence-electron chi connectivity index (χ4n) is 2.15. The van der Waals surface area contributed by atoms with Gasteiger partial charge in [0.15, 0.2) is 0 Å². The summed E-state index contributed by atoms with van der Waals surface area (Å²) in [5.74, 6) is 0.807. The summed E-state index contributed by atoms with van der Waals surface area (Å²) in [4.78, 5) is 16.7. The molecule has 0 unspecified atom stereocenters. The Balaban J connectivity index is 1.67. The lowest BCUT2D eigenvalue weighted by atomic mass is 10.2. The largest absolute Gasteiger partial charge is 0.457 e. The number of carbonyl (C=O) groups excluding carboxylic acids is 1. The van der Waals surface area contributed by atoms with Crippen LogP contribution < -0.4 is 0 Å². The van der Waals surface area contributed by atoms with Crippen LogP contribution in [0.4, 0.5) is 0 Å². The van der Waals surface area contributed by atoms with Gasteiger partial charge < -0.3 is 9.26 Å². The normalized spacial score (nSPS) is 10.7. The molecule has 0 amide bonds. The highest BCUT2D eigenvalue weighted by Gasteiger charge is 2.16. The third-order valence-corrected chi connectivity index (χ3v) is 5.02. The molecule has 5 nitrogen and oxygen atoms in total. The summed E-state index contributed by atoms with van der Waals surface area (Å²) in [6.45, 7) is 1.88. The van der Waals surface area contributed by atoms with Crippen molar-refractivity contribution < 1.29 is 14.1 Å². The van der Waals surface area contributed by atoms with Crippen LogP contribution >= 0.6 is 35.0 Å². The van der Waals surface area contributed by atoms with Crippen molar-refractivity contribution in [2.45, 2.75) is 24.3 Å². The van der Waals surface area contributed by atoms with E-state index >= 15 is 0 Å². The molecule has 0 saturated heterocycles. The molecule has 0 aliphatic carbocycles. The zero-order valence-corrected chi connectivity index (χ0v) is 16.1.